The van der Waals surface area contributed by atoms with Gasteiger partial charge in [-0.05, 0) is 30.4 Å². The number of fused-ring (bicyclic) bond motifs is 1. The number of hydrogen-bond donors (Lipinski definition) is 1. The van der Waals surface area contributed by atoms with Crippen LogP contribution in [0.3, 0.4) is 0 Å². The highest BCUT2D eigenvalue weighted by molar-refractivity contribution is 7.40. The van der Waals surface area contributed by atoms with Crippen LogP contribution in [0.1, 0.15) is 21.7 Å². The number of nitrogens with one attached hydrogen (secondary N) is 1. The van der Waals surface area contributed by atoms with Crippen LogP contribution in [-0.2, 0) is 4.57 Å². The maximum absolute atomic E-state index is 11.2. The zero-order chi connectivity index (χ0) is 23.2. The Labute approximate surface area is 176 Å². The van der Waals surface area contributed by atoms with Gasteiger partial charge in [0, 0.05) is 11.1 Å². The number of phosphoric acid groups is 1. The number of carbonyl (C=O) groups excluding carboxylic acids is 1. The van der Waals surface area contributed by atoms with Crippen LogP contribution < -0.4 is 34.0 Å². The van der Waals surface area contributed by atoms with Crippen LogP contribution in [-0.4, -0.2) is 37.3 Å². The van der Waals surface area contributed by atoms with E-state index >= 15 is 0 Å². The normalized spacial score (nSPS) is 11.2. The van der Waals surface area contributed by atoms with Crippen LogP contribution in [0, 0.1) is 0 Å². The Hall–Kier alpha value is -3.37. The van der Waals surface area contributed by atoms with Gasteiger partial charge in [-0.25, -0.2) is 4.98 Å². The first-order chi connectivity index (χ1) is 14.6. The topological polar surface area (TPSA) is 183 Å². The number of H-pyrrole nitrogens is 1. The van der Waals surface area contributed by atoms with Crippen molar-refractivity contribution in [1.29, 1.82) is 0 Å². The Morgan fingerprint density at radius 2 is 1.65 bits per heavy atom. The number of imidazole rings is 1. The molecule has 0 saturated heterocycles. The quantitative estimate of drug-likeness (QED) is 0.473. The third-order valence-corrected chi connectivity index (χ3v) is 3.91. The minimum atomic E-state index is -5.39. The number of carboxylic acids is 1. The molecule has 31 heavy (non-hydrogen) atoms. The molecule has 0 amide bonds. The van der Waals surface area contributed by atoms with Gasteiger partial charge >= 0.3 is 0 Å². The number of hydrogen-bond acceptors (Lipinski definition) is 10. The largest absolute Gasteiger partial charge is 0.822 e. The van der Waals surface area contributed by atoms with Gasteiger partial charge in [0.1, 0.15) is 5.82 Å². The predicted octanol–water partition coefficient (Wildman–Crippen LogP) is -0.702. The summed E-state index contributed by atoms with van der Waals surface area (Å²) in [5.74, 6) is 0.809. The molecule has 166 valence electrons. The van der Waals surface area contributed by atoms with Crippen molar-refractivity contribution in [3.05, 3.63) is 47.3 Å². The molecule has 1 N–H and O–H groups in total. The molecule has 2 aromatic carbocycles. The second kappa shape index (κ2) is 10.1. The molecule has 0 unspecified atom stereocenters. The first-order valence-corrected chi connectivity index (χ1v) is 9.95. The molecule has 0 aliphatic heterocycles. The first kappa shape index (κ1) is 23.9. The molecule has 1 heterocycles. The molecule has 0 fully saturated rings. The summed E-state index contributed by atoms with van der Waals surface area (Å²) >= 11 is 0. The lowest BCUT2D eigenvalue weighted by Gasteiger charge is -2.36. The Morgan fingerprint density at radius 1 is 1.00 bits per heavy atom. The van der Waals surface area contributed by atoms with E-state index in [4.69, 9.17) is 33.5 Å². The minimum absolute atomic E-state index is 0.0436. The Balaban J connectivity index is 0.000000614. The summed E-state index contributed by atoms with van der Waals surface area (Å²) in [4.78, 5) is 44.2. The molecule has 0 atom stereocenters. The van der Waals surface area contributed by atoms with Gasteiger partial charge < -0.3 is 48.3 Å². The molecule has 3 rings (SSSR count). The number of aromatic amines is 1. The van der Waals surface area contributed by atoms with Crippen molar-refractivity contribution in [3.63, 3.8) is 0 Å². The van der Waals surface area contributed by atoms with Gasteiger partial charge in [-0.2, -0.15) is 7.82 Å². The number of carbonyl (C=O) groups is 1. The number of methoxy groups -OCH3 is 3. The molecule has 3 aromatic rings. The molecular weight excluding hydrogens is 431 g/mol. The number of ether oxygens (including phenoxy) is 3. The van der Waals surface area contributed by atoms with Crippen molar-refractivity contribution < 1.29 is 43.4 Å². The highest BCUT2D eigenvalue weighted by Gasteiger charge is 2.14. The van der Waals surface area contributed by atoms with Crippen LogP contribution >= 0.6 is 7.82 Å². The Bertz CT molecular complexity index is 1140. The second-order valence-corrected chi connectivity index (χ2v) is 6.71. The molecule has 0 aliphatic rings. The summed E-state index contributed by atoms with van der Waals surface area (Å²) in [6.45, 7) is 0. The molecule has 12 heteroatoms. The summed E-state index contributed by atoms with van der Waals surface area (Å²) in [6.07, 6.45) is 3.51. The van der Waals surface area contributed by atoms with E-state index in [1.165, 1.54) is 13.2 Å². The van der Waals surface area contributed by atoms with Crippen LogP contribution in [0.15, 0.2) is 30.3 Å². The molecule has 0 radical (unpaired) electrons. The van der Waals surface area contributed by atoms with Crippen molar-refractivity contribution in [2.24, 2.45) is 0 Å². The standard InChI is InChI=1S/C19H18N2O5.H3O4P/c1-24-14-9-7-11(17(25-2)18(14)26-3)8-10-15-20-13-6-4-5-12(19(22)23)16(13)21-15;1-5(2,3)4/h4-10H,1-3H3,(H,20,21)(H,22,23);(H3,1,2,3,4)/p-4/b10-8+;. The monoisotopic (exact) mass is 448 g/mol. The zero-order valence-electron chi connectivity index (χ0n) is 16.6. The molecule has 11 nitrogen and oxygen atoms in total. The molecule has 0 saturated carbocycles. The van der Waals surface area contributed by atoms with E-state index in [1.54, 1.807) is 44.6 Å². The fourth-order valence-electron chi connectivity index (χ4n) is 2.72. The van der Waals surface area contributed by atoms with Crippen molar-refractivity contribution in [3.8, 4) is 17.2 Å². The number of nitrogens with zero attached hydrogens (tertiary/aromatic N) is 1. The molecule has 1 aromatic heterocycles. The third-order valence-electron chi connectivity index (χ3n) is 3.91. The lowest BCUT2D eigenvalue weighted by molar-refractivity contribution is -0.432. The van der Waals surface area contributed by atoms with Gasteiger partial charge in [-0.3, -0.25) is 0 Å². The van der Waals surface area contributed by atoms with E-state index in [9.17, 15) is 9.90 Å². The predicted molar refractivity (Wildman–Crippen MR) is 103 cm³/mol. The Kier molecular flexibility index (Phi) is 7.78. The average Bonchev–Trinajstić information content (AvgIpc) is 3.12. The summed E-state index contributed by atoms with van der Waals surface area (Å²) in [5, 5.41) is 11.2. The number of carboxylic acid groups (broad SMARTS) is 1. The minimum Gasteiger partial charge on any atom is -0.822 e. The van der Waals surface area contributed by atoms with Crippen LogP contribution in [0.2, 0.25) is 0 Å². The van der Waals surface area contributed by atoms with Crippen molar-refractivity contribution >= 4 is 37.0 Å². The summed E-state index contributed by atoms with van der Waals surface area (Å²) in [5.41, 5.74) is 1.77. The number of benzene rings is 2. The molecular formula is C19H17N2O9P-4. The zero-order valence-corrected chi connectivity index (χ0v) is 17.5. The fraction of sp³-hybridized carbons (Fsp3) is 0.158. The lowest BCUT2D eigenvalue weighted by atomic mass is 10.1. The lowest BCUT2D eigenvalue weighted by Crippen LogP contribution is -2.24. The van der Waals surface area contributed by atoms with Crippen molar-refractivity contribution in [2.75, 3.05) is 21.3 Å². The van der Waals surface area contributed by atoms with E-state index in [2.05, 4.69) is 9.97 Å². The van der Waals surface area contributed by atoms with E-state index in [1.807, 2.05) is 6.07 Å². The summed E-state index contributed by atoms with van der Waals surface area (Å²) in [6, 6.07) is 8.45. The molecule has 0 spiro atoms. The van der Waals surface area contributed by atoms with E-state index in [-0.39, 0.29) is 5.56 Å². The van der Waals surface area contributed by atoms with E-state index in [0.717, 1.165) is 5.56 Å². The van der Waals surface area contributed by atoms with Crippen molar-refractivity contribution in [2.45, 2.75) is 0 Å². The number of rotatable bonds is 6. The number of aromatic carboxylic acids is 1. The second-order valence-electron chi connectivity index (χ2n) is 5.82. The SMILES string of the molecule is COc1ccc(/C=C/c2nc3c(C(=O)[O-])cccc3[nH]2)c(OC)c1OC.O=P([O-])([O-])[O-]. The highest BCUT2D eigenvalue weighted by atomic mass is 31.2. The van der Waals surface area contributed by atoms with Gasteiger partial charge in [-0.1, -0.05) is 12.1 Å². The van der Waals surface area contributed by atoms with Gasteiger partial charge in [0.15, 0.2) is 11.5 Å². The summed E-state index contributed by atoms with van der Waals surface area (Å²) < 4.78 is 24.6. The maximum Gasteiger partial charge on any atom is 0.203 e. The number of para-hydroxylation sites is 1. The van der Waals surface area contributed by atoms with Crippen LogP contribution in [0.5, 0.6) is 17.2 Å². The Morgan fingerprint density at radius 3 is 2.19 bits per heavy atom. The van der Waals surface area contributed by atoms with Gasteiger partial charge in [0.2, 0.25) is 5.75 Å². The van der Waals surface area contributed by atoms with Gasteiger partial charge in [-0.15, -0.1) is 0 Å². The van der Waals surface area contributed by atoms with Gasteiger partial charge in [0.05, 0.1) is 38.3 Å². The third kappa shape index (κ3) is 6.30. The molecule has 0 aliphatic carbocycles. The van der Waals surface area contributed by atoms with Crippen molar-refractivity contribution in [1.82, 2.24) is 9.97 Å². The average molecular weight is 448 g/mol. The van der Waals surface area contributed by atoms with Crippen LogP contribution in [0.4, 0.5) is 0 Å². The van der Waals surface area contributed by atoms with E-state index < -0.39 is 13.8 Å². The van der Waals surface area contributed by atoms with E-state index in [0.29, 0.717) is 34.1 Å². The molecule has 0 bridgehead atoms. The van der Waals surface area contributed by atoms with Crippen LogP contribution in [0.25, 0.3) is 23.2 Å². The summed E-state index contributed by atoms with van der Waals surface area (Å²) in [7, 11) is -0.757. The fourth-order valence-corrected chi connectivity index (χ4v) is 2.72. The maximum atomic E-state index is 11.2. The smallest absolute Gasteiger partial charge is 0.203 e. The highest BCUT2D eigenvalue weighted by Crippen LogP contribution is 2.40. The first-order valence-electron chi connectivity index (χ1n) is 8.49. The van der Waals surface area contributed by atoms with Gasteiger partial charge in [0.25, 0.3) is 0 Å². The number of aromatic nitrogens is 2.